The molecule has 2 N–H and O–H groups in total. The number of ether oxygens (including phenoxy) is 2. The van der Waals surface area contributed by atoms with Crippen LogP contribution in [0.25, 0.3) is 0 Å². The van der Waals surface area contributed by atoms with Gasteiger partial charge in [-0.3, -0.25) is 0 Å². The minimum absolute atomic E-state index is 0.306. The van der Waals surface area contributed by atoms with Crippen LogP contribution in [0.15, 0.2) is 24.3 Å². The summed E-state index contributed by atoms with van der Waals surface area (Å²) in [5.74, 6) is 0.890. The van der Waals surface area contributed by atoms with E-state index in [-0.39, 0.29) is 0 Å². The molecule has 0 radical (unpaired) electrons. The highest BCUT2D eigenvalue weighted by Crippen LogP contribution is 2.29. The molecular weight excluding hydrogens is 228 g/mol. The SMILES string of the molecule is CCOCOc1ccccc1N1CCC(N)CC1. The molecule has 18 heavy (non-hydrogen) atoms. The van der Waals surface area contributed by atoms with Gasteiger partial charge in [-0.15, -0.1) is 0 Å². The number of nitrogens with two attached hydrogens (primary N) is 1. The van der Waals surface area contributed by atoms with E-state index in [1.165, 1.54) is 0 Å². The lowest BCUT2D eigenvalue weighted by Gasteiger charge is -2.33. The third kappa shape index (κ3) is 3.37. The van der Waals surface area contributed by atoms with Crippen molar-refractivity contribution in [3.63, 3.8) is 0 Å². The van der Waals surface area contributed by atoms with E-state index >= 15 is 0 Å². The molecule has 1 saturated heterocycles. The van der Waals surface area contributed by atoms with Crippen LogP contribution in [0.3, 0.4) is 0 Å². The second-order valence-corrected chi connectivity index (χ2v) is 4.55. The highest BCUT2D eigenvalue weighted by molar-refractivity contribution is 5.58. The summed E-state index contributed by atoms with van der Waals surface area (Å²) < 4.78 is 10.9. The Morgan fingerprint density at radius 2 is 2.00 bits per heavy atom. The topological polar surface area (TPSA) is 47.7 Å². The van der Waals surface area contributed by atoms with E-state index in [0.717, 1.165) is 37.4 Å². The predicted octanol–water partition coefficient (Wildman–Crippen LogP) is 1.99. The highest BCUT2D eigenvalue weighted by Gasteiger charge is 2.18. The number of rotatable bonds is 5. The molecule has 2 rings (SSSR count). The first-order valence-corrected chi connectivity index (χ1v) is 6.61. The van der Waals surface area contributed by atoms with Gasteiger partial charge in [0, 0.05) is 25.7 Å². The van der Waals surface area contributed by atoms with Crippen molar-refractivity contribution in [2.75, 3.05) is 31.4 Å². The van der Waals surface area contributed by atoms with Gasteiger partial charge in [-0.1, -0.05) is 12.1 Å². The number of benzene rings is 1. The van der Waals surface area contributed by atoms with Crippen LogP contribution in [0.5, 0.6) is 5.75 Å². The van der Waals surface area contributed by atoms with Gasteiger partial charge < -0.3 is 20.1 Å². The van der Waals surface area contributed by atoms with E-state index in [9.17, 15) is 0 Å². The molecule has 0 spiro atoms. The van der Waals surface area contributed by atoms with Crippen LogP contribution in [0, 0.1) is 0 Å². The van der Waals surface area contributed by atoms with Crippen LogP contribution in [0.1, 0.15) is 19.8 Å². The smallest absolute Gasteiger partial charge is 0.189 e. The summed E-state index contributed by atoms with van der Waals surface area (Å²) in [6, 6.07) is 8.46. The Hall–Kier alpha value is -1.26. The van der Waals surface area contributed by atoms with Crippen molar-refractivity contribution in [2.45, 2.75) is 25.8 Å². The van der Waals surface area contributed by atoms with Crippen LogP contribution < -0.4 is 15.4 Å². The fourth-order valence-corrected chi connectivity index (χ4v) is 2.17. The molecule has 1 aromatic carbocycles. The molecule has 0 aliphatic carbocycles. The molecule has 100 valence electrons. The summed E-state index contributed by atoms with van der Waals surface area (Å²) in [5, 5.41) is 0. The Morgan fingerprint density at radius 3 is 2.72 bits per heavy atom. The fourth-order valence-electron chi connectivity index (χ4n) is 2.17. The molecule has 1 fully saturated rings. The van der Waals surface area contributed by atoms with E-state index in [4.69, 9.17) is 15.2 Å². The molecule has 1 aliphatic rings. The maximum atomic E-state index is 5.93. The molecule has 0 unspecified atom stereocenters. The highest BCUT2D eigenvalue weighted by atomic mass is 16.7. The largest absolute Gasteiger partial charge is 0.465 e. The minimum atomic E-state index is 0.306. The van der Waals surface area contributed by atoms with Crippen molar-refractivity contribution in [3.8, 4) is 5.75 Å². The van der Waals surface area contributed by atoms with Gasteiger partial charge in [0.2, 0.25) is 0 Å². The van der Waals surface area contributed by atoms with Gasteiger partial charge in [0.05, 0.1) is 5.69 Å². The summed E-state index contributed by atoms with van der Waals surface area (Å²) in [6.45, 7) is 4.93. The first-order valence-electron chi connectivity index (χ1n) is 6.61. The number of hydrogen-bond acceptors (Lipinski definition) is 4. The first-order chi connectivity index (χ1) is 8.81. The molecule has 1 aromatic rings. The zero-order valence-corrected chi connectivity index (χ0v) is 11.0. The van der Waals surface area contributed by atoms with E-state index in [1.807, 2.05) is 25.1 Å². The minimum Gasteiger partial charge on any atom is -0.465 e. The zero-order valence-electron chi connectivity index (χ0n) is 11.0. The van der Waals surface area contributed by atoms with Crippen molar-refractivity contribution < 1.29 is 9.47 Å². The van der Waals surface area contributed by atoms with E-state index in [2.05, 4.69) is 11.0 Å². The Bertz CT molecular complexity index is 363. The van der Waals surface area contributed by atoms with E-state index in [1.54, 1.807) is 0 Å². The van der Waals surface area contributed by atoms with Gasteiger partial charge in [-0.05, 0) is 31.9 Å². The van der Waals surface area contributed by atoms with Crippen LogP contribution in [-0.2, 0) is 4.74 Å². The summed E-state index contributed by atoms with van der Waals surface area (Å²) in [4.78, 5) is 2.34. The van der Waals surface area contributed by atoms with Crippen LogP contribution in [0.2, 0.25) is 0 Å². The summed E-state index contributed by atoms with van der Waals surface area (Å²) in [5.41, 5.74) is 7.08. The van der Waals surface area contributed by atoms with E-state index in [0.29, 0.717) is 19.4 Å². The predicted molar refractivity (Wildman–Crippen MR) is 73.0 cm³/mol. The molecule has 4 heteroatoms. The van der Waals surface area contributed by atoms with Gasteiger partial charge in [0.15, 0.2) is 6.79 Å². The average molecular weight is 250 g/mol. The molecule has 0 atom stereocenters. The molecule has 0 bridgehead atoms. The van der Waals surface area contributed by atoms with Crippen molar-refractivity contribution in [1.29, 1.82) is 0 Å². The fraction of sp³-hybridized carbons (Fsp3) is 0.571. The van der Waals surface area contributed by atoms with Gasteiger partial charge >= 0.3 is 0 Å². The van der Waals surface area contributed by atoms with E-state index < -0.39 is 0 Å². The lowest BCUT2D eigenvalue weighted by molar-refractivity contribution is 0.0226. The molecule has 0 aromatic heterocycles. The summed E-state index contributed by atoms with van der Waals surface area (Å²) >= 11 is 0. The van der Waals surface area contributed by atoms with Gasteiger partial charge in [0.25, 0.3) is 0 Å². The normalized spacial score (nSPS) is 16.9. The third-order valence-electron chi connectivity index (χ3n) is 3.25. The molecule has 0 amide bonds. The van der Waals surface area contributed by atoms with Crippen molar-refractivity contribution in [1.82, 2.24) is 0 Å². The lowest BCUT2D eigenvalue weighted by atomic mass is 10.1. The summed E-state index contributed by atoms with van der Waals surface area (Å²) in [6.07, 6.45) is 2.08. The molecule has 1 aliphatic heterocycles. The Morgan fingerprint density at radius 1 is 1.28 bits per heavy atom. The zero-order chi connectivity index (χ0) is 12.8. The third-order valence-corrected chi connectivity index (χ3v) is 3.25. The monoisotopic (exact) mass is 250 g/mol. The molecule has 4 nitrogen and oxygen atoms in total. The second-order valence-electron chi connectivity index (χ2n) is 4.55. The Kier molecular flexibility index (Phi) is 4.84. The van der Waals surface area contributed by atoms with Crippen molar-refractivity contribution >= 4 is 5.69 Å². The average Bonchev–Trinajstić information content (AvgIpc) is 2.41. The van der Waals surface area contributed by atoms with Crippen LogP contribution >= 0.6 is 0 Å². The lowest BCUT2D eigenvalue weighted by Crippen LogP contribution is -2.39. The standard InChI is InChI=1S/C14H22N2O2/c1-2-17-11-18-14-6-4-3-5-13(14)16-9-7-12(15)8-10-16/h3-6,12H,2,7-11,15H2,1H3. The Balaban J connectivity index is 2.02. The maximum absolute atomic E-state index is 5.93. The molecule has 1 heterocycles. The van der Waals surface area contributed by atoms with Gasteiger partial charge in [0.1, 0.15) is 5.75 Å². The number of anilines is 1. The van der Waals surface area contributed by atoms with Crippen LogP contribution in [0.4, 0.5) is 5.69 Å². The van der Waals surface area contributed by atoms with Gasteiger partial charge in [-0.2, -0.15) is 0 Å². The van der Waals surface area contributed by atoms with Gasteiger partial charge in [-0.25, -0.2) is 0 Å². The number of piperidine rings is 1. The molecular formula is C14H22N2O2. The second kappa shape index (κ2) is 6.61. The molecule has 0 saturated carbocycles. The van der Waals surface area contributed by atoms with Crippen molar-refractivity contribution in [2.24, 2.45) is 5.73 Å². The Labute approximate surface area is 109 Å². The number of para-hydroxylation sites is 2. The first kappa shape index (κ1) is 13.2. The maximum Gasteiger partial charge on any atom is 0.189 e. The van der Waals surface area contributed by atoms with Crippen LogP contribution in [-0.4, -0.2) is 32.5 Å². The summed E-state index contributed by atoms with van der Waals surface area (Å²) in [7, 11) is 0. The number of nitrogens with zero attached hydrogens (tertiary/aromatic N) is 1. The quantitative estimate of drug-likeness (QED) is 0.641. The number of hydrogen-bond donors (Lipinski definition) is 1. The van der Waals surface area contributed by atoms with Crippen molar-refractivity contribution in [3.05, 3.63) is 24.3 Å².